The highest BCUT2D eigenvalue weighted by molar-refractivity contribution is 6.32. The molecule has 52 valence electrons. The lowest BCUT2D eigenvalue weighted by atomic mass is 9.93. The van der Waals surface area contributed by atoms with Gasteiger partial charge < -0.3 is 5.11 Å². The van der Waals surface area contributed by atoms with Crippen LogP contribution in [0.25, 0.3) is 0 Å². The molecule has 1 aromatic rings. The number of hydrogen-bond donors (Lipinski definition) is 1. The fourth-order valence-corrected chi connectivity index (χ4v) is 0.930. The Morgan fingerprint density at radius 2 is 2.20 bits per heavy atom. The van der Waals surface area contributed by atoms with Gasteiger partial charge in [-0.1, -0.05) is 29.7 Å². The van der Waals surface area contributed by atoms with Crippen molar-refractivity contribution in [3.8, 4) is 0 Å². The average Bonchev–Trinajstić information content (AvgIpc) is 1.88. The van der Waals surface area contributed by atoms with Crippen molar-refractivity contribution in [1.82, 2.24) is 0 Å². The summed E-state index contributed by atoms with van der Waals surface area (Å²) in [6.07, 6.45) is -0.347. The zero-order valence-electron chi connectivity index (χ0n) is 6.33. The molecule has 0 saturated carbocycles. The van der Waals surface area contributed by atoms with Crippen molar-refractivity contribution in [1.29, 1.82) is 0 Å². The summed E-state index contributed by atoms with van der Waals surface area (Å²) in [4.78, 5) is 0. The molecule has 0 heterocycles. The van der Waals surface area contributed by atoms with Gasteiger partial charge in [-0.25, -0.2) is 0 Å². The van der Waals surface area contributed by atoms with Gasteiger partial charge in [0.2, 0.25) is 0 Å². The topological polar surface area (TPSA) is 20.2 Å². The van der Waals surface area contributed by atoms with Crippen LogP contribution >= 0.6 is 0 Å². The van der Waals surface area contributed by atoms with Crippen LogP contribution in [0.5, 0.6) is 0 Å². The lowest BCUT2D eigenvalue weighted by Gasteiger charge is -2.03. The molecule has 0 fully saturated rings. The summed E-state index contributed by atoms with van der Waals surface area (Å²) in [6, 6.07) is 7.89. The van der Waals surface area contributed by atoms with Crippen molar-refractivity contribution >= 4 is 13.3 Å². The lowest BCUT2D eigenvalue weighted by molar-refractivity contribution is 0.199. The second-order valence-electron chi connectivity index (χ2n) is 2.59. The fourth-order valence-electron chi connectivity index (χ4n) is 0.930. The van der Waals surface area contributed by atoms with Gasteiger partial charge in [-0.15, -0.1) is 0 Å². The van der Waals surface area contributed by atoms with E-state index in [4.69, 9.17) is 5.11 Å². The van der Waals surface area contributed by atoms with E-state index in [0.29, 0.717) is 0 Å². The zero-order chi connectivity index (χ0) is 7.56. The maximum Gasteiger partial charge on any atom is 0.139 e. The van der Waals surface area contributed by atoms with E-state index in [-0.39, 0.29) is 6.10 Å². The second-order valence-corrected chi connectivity index (χ2v) is 2.59. The Kier molecular flexibility index (Phi) is 2.12. The molecule has 1 rings (SSSR count). The molecule has 0 aliphatic carbocycles. The van der Waals surface area contributed by atoms with Crippen LogP contribution < -0.4 is 5.46 Å². The van der Waals surface area contributed by atoms with Crippen LogP contribution in [-0.2, 0) is 0 Å². The summed E-state index contributed by atoms with van der Waals surface area (Å²) >= 11 is 0. The van der Waals surface area contributed by atoms with Crippen molar-refractivity contribution in [3.05, 3.63) is 29.8 Å². The van der Waals surface area contributed by atoms with Crippen molar-refractivity contribution in [3.63, 3.8) is 0 Å². The molecule has 1 unspecified atom stereocenters. The average molecular weight is 134 g/mol. The number of benzene rings is 1. The Morgan fingerprint density at radius 1 is 1.50 bits per heavy atom. The maximum atomic E-state index is 9.15. The van der Waals surface area contributed by atoms with E-state index in [2.05, 4.69) is 0 Å². The van der Waals surface area contributed by atoms with Gasteiger partial charge in [-0.05, 0) is 12.5 Å². The van der Waals surface area contributed by atoms with Gasteiger partial charge >= 0.3 is 0 Å². The fraction of sp³-hybridized carbons (Fsp3) is 0.250. The van der Waals surface area contributed by atoms with E-state index in [0.717, 1.165) is 5.56 Å². The number of aliphatic hydroxyl groups is 1. The Morgan fingerprint density at radius 3 is 2.60 bits per heavy atom. The normalized spacial score (nSPS) is 13.0. The molecule has 0 radical (unpaired) electrons. The van der Waals surface area contributed by atoms with E-state index in [1.54, 1.807) is 6.92 Å². The van der Waals surface area contributed by atoms with Crippen LogP contribution in [0, 0.1) is 0 Å². The minimum Gasteiger partial charge on any atom is -0.389 e. The highest BCUT2D eigenvalue weighted by Gasteiger charge is 1.97. The highest BCUT2D eigenvalue weighted by atomic mass is 16.3. The number of aliphatic hydroxyl groups excluding tert-OH is 1. The van der Waals surface area contributed by atoms with Crippen molar-refractivity contribution in [2.45, 2.75) is 13.0 Å². The zero-order valence-corrected chi connectivity index (χ0v) is 6.33. The molecule has 0 saturated heterocycles. The molecule has 1 N–H and O–H groups in total. The van der Waals surface area contributed by atoms with E-state index >= 15 is 0 Å². The molecule has 2 heteroatoms. The van der Waals surface area contributed by atoms with Crippen molar-refractivity contribution in [2.24, 2.45) is 0 Å². The molecule has 10 heavy (non-hydrogen) atoms. The molecular weight excluding hydrogens is 123 g/mol. The molecule has 1 atom stereocenters. The first-order chi connectivity index (χ1) is 4.70. The predicted octanol–water partition coefficient (Wildman–Crippen LogP) is -0.00170. The second kappa shape index (κ2) is 2.89. The van der Waals surface area contributed by atoms with E-state index in [1.807, 2.05) is 32.1 Å². The van der Waals surface area contributed by atoms with Crippen LogP contribution in [0.3, 0.4) is 0 Å². The summed E-state index contributed by atoms with van der Waals surface area (Å²) in [6.45, 7) is 1.77. The monoisotopic (exact) mass is 134 g/mol. The van der Waals surface area contributed by atoms with Gasteiger partial charge in [0.05, 0.1) is 6.10 Å². The minimum atomic E-state index is -0.347. The Hall–Kier alpha value is -0.755. The first-order valence-electron chi connectivity index (χ1n) is 3.45. The highest BCUT2D eigenvalue weighted by Crippen LogP contribution is 2.07. The SMILES string of the molecule is Bc1cccc(C(C)O)c1. The van der Waals surface area contributed by atoms with Crippen molar-refractivity contribution in [2.75, 3.05) is 0 Å². The van der Waals surface area contributed by atoms with Crippen LogP contribution in [0.1, 0.15) is 18.6 Å². The van der Waals surface area contributed by atoms with E-state index in [9.17, 15) is 0 Å². The van der Waals surface area contributed by atoms with Gasteiger partial charge in [0.25, 0.3) is 0 Å². The first-order valence-corrected chi connectivity index (χ1v) is 3.45. The van der Waals surface area contributed by atoms with Gasteiger partial charge in [-0.2, -0.15) is 0 Å². The van der Waals surface area contributed by atoms with E-state index < -0.39 is 0 Å². The van der Waals surface area contributed by atoms with Crippen LogP contribution in [0.15, 0.2) is 24.3 Å². The third-order valence-electron chi connectivity index (χ3n) is 1.52. The van der Waals surface area contributed by atoms with Gasteiger partial charge in [-0.3, -0.25) is 0 Å². The minimum absolute atomic E-state index is 0.347. The summed E-state index contributed by atoms with van der Waals surface area (Å²) in [5.74, 6) is 0. The lowest BCUT2D eigenvalue weighted by Crippen LogP contribution is -2.03. The number of rotatable bonds is 1. The van der Waals surface area contributed by atoms with Gasteiger partial charge in [0.1, 0.15) is 7.85 Å². The molecule has 0 spiro atoms. The van der Waals surface area contributed by atoms with Crippen LogP contribution in [-0.4, -0.2) is 13.0 Å². The largest absolute Gasteiger partial charge is 0.389 e. The molecule has 0 aromatic heterocycles. The van der Waals surface area contributed by atoms with Crippen LogP contribution in [0.2, 0.25) is 0 Å². The van der Waals surface area contributed by atoms with Gasteiger partial charge in [0.15, 0.2) is 0 Å². The first kappa shape index (κ1) is 7.35. The standard InChI is InChI=1S/C8H11BO/c1-6(10)7-3-2-4-8(9)5-7/h2-6,10H,9H2,1H3. The number of hydrogen-bond acceptors (Lipinski definition) is 1. The van der Waals surface area contributed by atoms with Crippen molar-refractivity contribution < 1.29 is 5.11 Å². The Labute approximate surface area is 62.1 Å². The third-order valence-corrected chi connectivity index (χ3v) is 1.52. The molecule has 0 bridgehead atoms. The van der Waals surface area contributed by atoms with Gasteiger partial charge in [0, 0.05) is 0 Å². The summed E-state index contributed by atoms with van der Waals surface area (Å²) in [7, 11) is 2.02. The molecule has 1 nitrogen and oxygen atoms in total. The summed E-state index contributed by atoms with van der Waals surface area (Å²) < 4.78 is 0. The molecule has 0 aliphatic rings. The van der Waals surface area contributed by atoms with Crippen LogP contribution in [0.4, 0.5) is 0 Å². The Bertz CT molecular complexity index is 220. The summed E-state index contributed by atoms with van der Waals surface area (Å²) in [5, 5.41) is 9.15. The predicted molar refractivity (Wildman–Crippen MR) is 45.3 cm³/mol. The third kappa shape index (κ3) is 1.61. The summed E-state index contributed by atoms with van der Waals surface area (Å²) in [5.41, 5.74) is 2.18. The maximum absolute atomic E-state index is 9.15. The van der Waals surface area contributed by atoms with E-state index in [1.165, 1.54) is 5.46 Å². The Balaban J connectivity index is 2.96. The molecule has 0 amide bonds. The quantitative estimate of drug-likeness (QED) is 0.536. The molecule has 1 aromatic carbocycles. The smallest absolute Gasteiger partial charge is 0.139 e. The molecule has 0 aliphatic heterocycles. The molecular formula is C8H11BO.